The molecule has 98 valence electrons. The van der Waals surface area contributed by atoms with Gasteiger partial charge in [0.15, 0.2) is 0 Å². The van der Waals surface area contributed by atoms with Crippen LogP contribution in [-0.2, 0) is 0 Å². The number of hydrogen-bond donors (Lipinski definition) is 2. The van der Waals surface area contributed by atoms with E-state index < -0.39 is 0 Å². The van der Waals surface area contributed by atoms with Crippen LogP contribution in [0, 0.1) is 6.92 Å². The van der Waals surface area contributed by atoms with Gasteiger partial charge >= 0.3 is 0 Å². The Morgan fingerprint density at radius 2 is 2.05 bits per heavy atom. The summed E-state index contributed by atoms with van der Waals surface area (Å²) in [4.78, 5) is 16.3. The molecular formula is C15H17N3O. The van der Waals surface area contributed by atoms with Crippen LogP contribution in [0.2, 0.25) is 0 Å². The minimum absolute atomic E-state index is 0.135. The zero-order valence-electron chi connectivity index (χ0n) is 11.1. The van der Waals surface area contributed by atoms with Gasteiger partial charge in [-0.3, -0.25) is 9.78 Å². The van der Waals surface area contributed by atoms with Gasteiger partial charge in [-0.2, -0.15) is 0 Å². The lowest BCUT2D eigenvalue weighted by atomic mass is 10.1. The molecule has 0 bridgehead atoms. The molecule has 0 saturated heterocycles. The molecule has 1 heterocycles. The zero-order chi connectivity index (χ0) is 13.7. The predicted octanol–water partition coefficient (Wildman–Crippen LogP) is 3.07. The normalized spacial score (nSPS) is 10.0. The fourth-order valence-electron chi connectivity index (χ4n) is 1.85. The van der Waals surface area contributed by atoms with Gasteiger partial charge in [-0.05, 0) is 37.6 Å². The largest absolute Gasteiger partial charge is 0.385 e. The first-order chi connectivity index (χ1) is 9.20. The highest BCUT2D eigenvalue weighted by molar-refractivity contribution is 6.07. The second-order valence-electron chi connectivity index (χ2n) is 4.28. The first kappa shape index (κ1) is 13.1. The first-order valence-corrected chi connectivity index (χ1v) is 6.26. The molecule has 19 heavy (non-hydrogen) atoms. The van der Waals surface area contributed by atoms with Crippen molar-refractivity contribution in [3.63, 3.8) is 0 Å². The molecule has 0 fully saturated rings. The number of nitrogens with one attached hydrogen (secondary N) is 2. The van der Waals surface area contributed by atoms with E-state index in [2.05, 4.69) is 15.6 Å². The molecule has 1 aromatic carbocycles. The molecule has 0 aliphatic carbocycles. The highest BCUT2D eigenvalue weighted by Gasteiger charge is 2.10. The molecule has 4 nitrogen and oxygen atoms in total. The minimum Gasteiger partial charge on any atom is -0.385 e. The number of aromatic nitrogens is 1. The third-order valence-corrected chi connectivity index (χ3v) is 2.67. The summed E-state index contributed by atoms with van der Waals surface area (Å²) in [5, 5.41) is 6.03. The second-order valence-corrected chi connectivity index (χ2v) is 4.28. The molecule has 1 amide bonds. The average molecular weight is 255 g/mol. The molecule has 0 radical (unpaired) electrons. The van der Waals surface area contributed by atoms with Crippen molar-refractivity contribution in [2.24, 2.45) is 0 Å². The van der Waals surface area contributed by atoms with Crippen LogP contribution in [0.1, 0.15) is 22.8 Å². The summed E-state index contributed by atoms with van der Waals surface area (Å²) in [6.07, 6.45) is 3.39. The Morgan fingerprint density at radius 1 is 1.26 bits per heavy atom. The van der Waals surface area contributed by atoms with Crippen molar-refractivity contribution in [2.75, 3.05) is 17.2 Å². The summed E-state index contributed by atoms with van der Waals surface area (Å²) in [6.45, 7) is 4.71. The van der Waals surface area contributed by atoms with Gasteiger partial charge in [0, 0.05) is 18.4 Å². The van der Waals surface area contributed by atoms with Crippen molar-refractivity contribution in [2.45, 2.75) is 13.8 Å². The molecule has 1 aromatic heterocycles. The third-order valence-electron chi connectivity index (χ3n) is 2.67. The standard InChI is InChI=1S/C15H17N3O/c1-3-17-14-7-5-4-6-13(14)15(19)18-12-8-11(2)9-16-10-12/h4-10,17H,3H2,1-2H3,(H,18,19). The van der Waals surface area contributed by atoms with Crippen molar-refractivity contribution < 1.29 is 4.79 Å². The van der Waals surface area contributed by atoms with Crippen molar-refractivity contribution >= 4 is 17.3 Å². The Labute approximate surface area is 112 Å². The monoisotopic (exact) mass is 255 g/mol. The highest BCUT2D eigenvalue weighted by atomic mass is 16.1. The summed E-state index contributed by atoms with van der Waals surface area (Å²) in [6, 6.07) is 9.34. The highest BCUT2D eigenvalue weighted by Crippen LogP contribution is 2.17. The molecule has 0 aliphatic heterocycles. The molecule has 0 spiro atoms. The van der Waals surface area contributed by atoms with Crippen LogP contribution in [0.25, 0.3) is 0 Å². The van der Waals surface area contributed by atoms with Crippen molar-refractivity contribution in [1.29, 1.82) is 0 Å². The van der Waals surface area contributed by atoms with Crippen LogP contribution >= 0.6 is 0 Å². The van der Waals surface area contributed by atoms with E-state index in [-0.39, 0.29) is 5.91 Å². The van der Waals surface area contributed by atoms with Gasteiger partial charge in [0.1, 0.15) is 0 Å². The number of para-hydroxylation sites is 1. The number of pyridine rings is 1. The van der Waals surface area contributed by atoms with Gasteiger partial charge < -0.3 is 10.6 Å². The number of benzene rings is 1. The number of anilines is 2. The molecule has 0 saturated carbocycles. The Bertz CT molecular complexity index is 581. The van der Waals surface area contributed by atoms with E-state index in [9.17, 15) is 4.79 Å². The van der Waals surface area contributed by atoms with Crippen LogP contribution in [0.15, 0.2) is 42.7 Å². The Balaban J connectivity index is 2.20. The van der Waals surface area contributed by atoms with Crippen LogP contribution in [0.4, 0.5) is 11.4 Å². The van der Waals surface area contributed by atoms with E-state index in [4.69, 9.17) is 0 Å². The van der Waals surface area contributed by atoms with Crippen molar-refractivity contribution in [3.8, 4) is 0 Å². The number of rotatable bonds is 4. The van der Waals surface area contributed by atoms with Gasteiger partial charge in [-0.15, -0.1) is 0 Å². The smallest absolute Gasteiger partial charge is 0.257 e. The number of aryl methyl sites for hydroxylation is 1. The van der Waals surface area contributed by atoms with Crippen molar-refractivity contribution in [1.82, 2.24) is 4.98 Å². The lowest BCUT2D eigenvalue weighted by Gasteiger charge is -2.11. The fourth-order valence-corrected chi connectivity index (χ4v) is 1.85. The summed E-state index contributed by atoms with van der Waals surface area (Å²) >= 11 is 0. The molecule has 0 aliphatic rings. The molecule has 2 aromatic rings. The summed E-state index contributed by atoms with van der Waals surface area (Å²) < 4.78 is 0. The summed E-state index contributed by atoms with van der Waals surface area (Å²) in [7, 11) is 0. The van der Waals surface area contributed by atoms with Crippen LogP contribution < -0.4 is 10.6 Å². The van der Waals surface area contributed by atoms with Gasteiger partial charge in [0.05, 0.1) is 17.4 Å². The second kappa shape index (κ2) is 6.00. The predicted molar refractivity (Wildman–Crippen MR) is 77.5 cm³/mol. The summed E-state index contributed by atoms with van der Waals surface area (Å²) in [5.41, 5.74) is 3.18. The Morgan fingerprint density at radius 3 is 2.79 bits per heavy atom. The average Bonchev–Trinajstić information content (AvgIpc) is 2.39. The SMILES string of the molecule is CCNc1ccccc1C(=O)Nc1cncc(C)c1. The molecule has 0 unspecified atom stereocenters. The van der Waals surface area contributed by atoms with E-state index in [1.807, 2.05) is 38.1 Å². The molecule has 2 rings (SSSR count). The first-order valence-electron chi connectivity index (χ1n) is 6.26. The van der Waals surface area contributed by atoms with E-state index in [0.29, 0.717) is 11.3 Å². The van der Waals surface area contributed by atoms with E-state index >= 15 is 0 Å². The molecule has 0 atom stereocenters. The lowest BCUT2D eigenvalue weighted by Crippen LogP contribution is -2.14. The maximum absolute atomic E-state index is 12.2. The number of hydrogen-bond acceptors (Lipinski definition) is 3. The van der Waals surface area contributed by atoms with Gasteiger partial charge in [-0.25, -0.2) is 0 Å². The number of nitrogens with zero attached hydrogens (tertiary/aromatic N) is 1. The fraction of sp³-hybridized carbons (Fsp3) is 0.200. The van der Waals surface area contributed by atoms with Crippen LogP contribution in [0.5, 0.6) is 0 Å². The number of carbonyl (C=O) groups is 1. The Hall–Kier alpha value is -2.36. The summed E-state index contributed by atoms with van der Waals surface area (Å²) in [5.74, 6) is -0.135. The van der Waals surface area contributed by atoms with Gasteiger partial charge in [0.2, 0.25) is 0 Å². The molecule has 4 heteroatoms. The van der Waals surface area contributed by atoms with Gasteiger partial charge in [-0.1, -0.05) is 12.1 Å². The molecule has 2 N–H and O–H groups in total. The Kier molecular flexibility index (Phi) is 4.13. The van der Waals surface area contributed by atoms with E-state index in [1.165, 1.54) is 0 Å². The number of carbonyl (C=O) groups excluding carboxylic acids is 1. The van der Waals surface area contributed by atoms with E-state index in [1.54, 1.807) is 18.5 Å². The van der Waals surface area contributed by atoms with Crippen LogP contribution in [-0.4, -0.2) is 17.4 Å². The lowest BCUT2D eigenvalue weighted by molar-refractivity contribution is 0.102. The number of amides is 1. The zero-order valence-corrected chi connectivity index (χ0v) is 11.1. The van der Waals surface area contributed by atoms with Gasteiger partial charge in [0.25, 0.3) is 5.91 Å². The third kappa shape index (κ3) is 3.31. The maximum Gasteiger partial charge on any atom is 0.257 e. The van der Waals surface area contributed by atoms with Crippen molar-refractivity contribution in [3.05, 3.63) is 53.9 Å². The van der Waals surface area contributed by atoms with Crippen LogP contribution in [0.3, 0.4) is 0 Å². The van der Waals surface area contributed by atoms with E-state index in [0.717, 1.165) is 17.8 Å². The quantitative estimate of drug-likeness (QED) is 0.882. The molecular weight excluding hydrogens is 238 g/mol. The maximum atomic E-state index is 12.2. The minimum atomic E-state index is -0.135. The topological polar surface area (TPSA) is 54.0 Å².